The van der Waals surface area contributed by atoms with E-state index < -0.39 is 0 Å². The lowest BCUT2D eigenvalue weighted by Crippen LogP contribution is -2.10. The van der Waals surface area contributed by atoms with Crippen LogP contribution in [0.15, 0.2) is 42.5 Å². The van der Waals surface area contributed by atoms with Gasteiger partial charge in [0.1, 0.15) is 0 Å². The van der Waals surface area contributed by atoms with Crippen molar-refractivity contribution in [2.75, 3.05) is 5.32 Å². The van der Waals surface area contributed by atoms with Gasteiger partial charge in [-0.1, -0.05) is 42.3 Å². The predicted octanol–water partition coefficient (Wildman–Crippen LogP) is 4.66. The highest BCUT2D eigenvalue weighted by molar-refractivity contribution is 6.30. The van der Waals surface area contributed by atoms with Crippen molar-refractivity contribution in [2.24, 2.45) is 0 Å². The number of nitrogens with one attached hydrogen (secondary N) is 1. The predicted molar refractivity (Wildman–Crippen MR) is 80.5 cm³/mol. The lowest BCUT2D eigenvalue weighted by atomic mass is 10.0. The minimum absolute atomic E-state index is 0.0130. The summed E-state index contributed by atoms with van der Waals surface area (Å²) in [5, 5.41) is 3.63. The van der Waals surface area contributed by atoms with E-state index in [2.05, 4.69) is 11.4 Å². The van der Waals surface area contributed by atoms with E-state index >= 15 is 0 Å². The maximum atomic E-state index is 11.6. The third-order valence-electron chi connectivity index (χ3n) is 2.93. The minimum atomic E-state index is 0.0130. The van der Waals surface area contributed by atoms with Gasteiger partial charge in [-0.25, -0.2) is 0 Å². The molecule has 98 valence electrons. The molecule has 0 saturated heterocycles. The molecule has 19 heavy (non-hydrogen) atoms. The smallest absolute Gasteiger partial charge is 0.224 e. The van der Waals surface area contributed by atoms with E-state index in [1.807, 2.05) is 50.2 Å². The Balaban J connectivity index is 2.45. The van der Waals surface area contributed by atoms with Crippen LogP contribution in [0.1, 0.15) is 18.9 Å². The molecule has 0 aromatic heterocycles. The number of aryl methyl sites for hydroxylation is 1. The van der Waals surface area contributed by atoms with Crippen LogP contribution in [-0.2, 0) is 4.79 Å². The number of rotatable bonds is 3. The molecule has 0 spiro atoms. The van der Waals surface area contributed by atoms with Crippen LogP contribution in [0.5, 0.6) is 0 Å². The van der Waals surface area contributed by atoms with Gasteiger partial charge in [0.2, 0.25) is 5.91 Å². The highest BCUT2D eigenvalue weighted by Gasteiger charge is 2.08. The Morgan fingerprint density at radius 3 is 2.47 bits per heavy atom. The molecule has 0 aliphatic heterocycles. The monoisotopic (exact) mass is 273 g/mol. The summed E-state index contributed by atoms with van der Waals surface area (Å²) in [6.07, 6.45) is 0.466. The summed E-state index contributed by atoms with van der Waals surface area (Å²) < 4.78 is 0. The summed E-state index contributed by atoms with van der Waals surface area (Å²) in [6.45, 7) is 3.87. The maximum absolute atomic E-state index is 11.6. The molecule has 1 amide bonds. The molecule has 2 aromatic carbocycles. The zero-order valence-corrected chi connectivity index (χ0v) is 11.8. The van der Waals surface area contributed by atoms with Gasteiger partial charge in [0.25, 0.3) is 0 Å². The number of carbonyl (C=O) groups excluding carboxylic acids is 1. The van der Waals surface area contributed by atoms with E-state index in [1.54, 1.807) is 0 Å². The number of anilines is 1. The van der Waals surface area contributed by atoms with Crippen molar-refractivity contribution in [3.8, 4) is 11.1 Å². The van der Waals surface area contributed by atoms with E-state index in [1.165, 1.54) is 0 Å². The first-order chi connectivity index (χ1) is 9.10. The van der Waals surface area contributed by atoms with Crippen LogP contribution in [-0.4, -0.2) is 5.91 Å². The van der Waals surface area contributed by atoms with Crippen molar-refractivity contribution in [1.82, 2.24) is 0 Å². The van der Waals surface area contributed by atoms with Crippen molar-refractivity contribution < 1.29 is 4.79 Å². The molecular weight excluding hydrogens is 258 g/mol. The molecule has 0 fully saturated rings. The molecule has 0 saturated carbocycles. The standard InChI is InChI=1S/C16H16ClNO/c1-3-16(19)18-15-9-4-11(2)10-14(15)12-5-7-13(17)8-6-12/h4-10H,3H2,1-2H3,(H,18,19). The second-order valence-electron chi connectivity index (χ2n) is 4.46. The number of hydrogen-bond donors (Lipinski definition) is 1. The molecule has 1 N–H and O–H groups in total. The van der Waals surface area contributed by atoms with Crippen LogP contribution in [0.3, 0.4) is 0 Å². The SMILES string of the molecule is CCC(=O)Nc1ccc(C)cc1-c1ccc(Cl)cc1. The second-order valence-corrected chi connectivity index (χ2v) is 4.89. The Hall–Kier alpha value is -1.80. The summed E-state index contributed by atoms with van der Waals surface area (Å²) in [6, 6.07) is 13.6. The molecule has 0 radical (unpaired) electrons. The summed E-state index contributed by atoms with van der Waals surface area (Å²) in [4.78, 5) is 11.6. The van der Waals surface area contributed by atoms with Crippen molar-refractivity contribution in [2.45, 2.75) is 20.3 Å². The van der Waals surface area contributed by atoms with E-state index in [0.717, 1.165) is 22.4 Å². The molecule has 0 aliphatic carbocycles. The first-order valence-corrected chi connectivity index (χ1v) is 6.64. The van der Waals surface area contributed by atoms with Crippen LogP contribution in [0.2, 0.25) is 5.02 Å². The van der Waals surface area contributed by atoms with Crippen LogP contribution in [0.4, 0.5) is 5.69 Å². The average molecular weight is 274 g/mol. The Labute approximate surface area is 118 Å². The molecule has 0 bridgehead atoms. The van der Waals surface area contributed by atoms with Gasteiger partial charge in [0.15, 0.2) is 0 Å². The Morgan fingerprint density at radius 2 is 1.84 bits per heavy atom. The topological polar surface area (TPSA) is 29.1 Å². The van der Waals surface area contributed by atoms with Crippen molar-refractivity contribution >= 4 is 23.2 Å². The second kappa shape index (κ2) is 5.89. The zero-order chi connectivity index (χ0) is 13.8. The summed E-state index contributed by atoms with van der Waals surface area (Å²) in [5.41, 5.74) is 4.04. The largest absolute Gasteiger partial charge is 0.326 e. The van der Waals surface area contributed by atoms with Gasteiger partial charge in [0, 0.05) is 22.7 Å². The minimum Gasteiger partial charge on any atom is -0.326 e. The van der Waals surface area contributed by atoms with E-state index in [-0.39, 0.29) is 5.91 Å². The van der Waals surface area contributed by atoms with Crippen molar-refractivity contribution in [3.63, 3.8) is 0 Å². The van der Waals surface area contributed by atoms with Gasteiger partial charge in [-0.15, -0.1) is 0 Å². The summed E-state index contributed by atoms with van der Waals surface area (Å²) in [5.74, 6) is 0.0130. The van der Waals surface area contributed by atoms with Gasteiger partial charge in [-0.3, -0.25) is 4.79 Å². The molecule has 0 aliphatic rings. The van der Waals surface area contributed by atoms with Crippen molar-refractivity contribution in [1.29, 1.82) is 0 Å². The molecule has 3 heteroatoms. The molecule has 0 atom stereocenters. The molecule has 2 aromatic rings. The Bertz CT molecular complexity index is 590. The highest BCUT2D eigenvalue weighted by atomic mass is 35.5. The highest BCUT2D eigenvalue weighted by Crippen LogP contribution is 2.30. The van der Waals surface area contributed by atoms with Gasteiger partial charge < -0.3 is 5.32 Å². The molecule has 2 nitrogen and oxygen atoms in total. The maximum Gasteiger partial charge on any atom is 0.224 e. The molecular formula is C16H16ClNO. The Kier molecular flexibility index (Phi) is 4.23. The van der Waals surface area contributed by atoms with Gasteiger partial charge in [-0.2, -0.15) is 0 Å². The van der Waals surface area contributed by atoms with Crippen LogP contribution in [0.25, 0.3) is 11.1 Å². The number of halogens is 1. The van der Waals surface area contributed by atoms with Gasteiger partial charge in [0.05, 0.1) is 0 Å². The van der Waals surface area contributed by atoms with Gasteiger partial charge >= 0.3 is 0 Å². The van der Waals surface area contributed by atoms with Crippen LogP contribution in [0, 0.1) is 6.92 Å². The quantitative estimate of drug-likeness (QED) is 0.865. The van der Waals surface area contributed by atoms with E-state index in [4.69, 9.17) is 11.6 Å². The zero-order valence-electron chi connectivity index (χ0n) is 11.0. The third-order valence-corrected chi connectivity index (χ3v) is 3.18. The van der Waals surface area contributed by atoms with E-state index in [9.17, 15) is 4.79 Å². The molecule has 0 unspecified atom stereocenters. The fourth-order valence-corrected chi connectivity index (χ4v) is 2.00. The van der Waals surface area contributed by atoms with Crippen LogP contribution >= 0.6 is 11.6 Å². The van der Waals surface area contributed by atoms with E-state index in [0.29, 0.717) is 11.4 Å². The Morgan fingerprint density at radius 1 is 1.16 bits per heavy atom. The molecule has 2 rings (SSSR count). The lowest BCUT2D eigenvalue weighted by Gasteiger charge is -2.12. The number of carbonyl (C=O) groups is 1. The number of benzene rings is 2. The average Bonchev–Trinajstić information content (AvgIpc) is 2.41. The summed E-state index contributed by atoms with van der Waals surface area (Å²) in [7, 11) is 0. The normalized spacial score (nSPS) is 10.3. The van der Waals surface area contributed by atoms with Crippen LogP contribution < -0.4 is 5.32 Å². The fraction of sp³-hybridized carbons (Fsp3) is 0.188. The number of hydrogen-bond acceptors (Lipinski definition) is 1. The van der Waals surface area contributed by atoms with Crippen molar-refractivity contribution in [3.05, 3.63) is 53.1 Å². The lowest BCUT2D eigenvalue weighted by molar-refractivity contribution is -0.115. The summed E-state index contributed by atoms with van der Waals surface area (Å²) >= 11 is 5.91. The molecule has 0 heterocycles. The fourth-order valence-electron chi connectivity index (χ4n) is 1.87. The van der Waals surface area contributed by atoms with Gasteiger partial charge in [-0.05, 0) is 36.8 Å². The number of amides is 1. The first kappa shape index (κ1) is 13.6. The first-order valence-electron chi connectivity index (χ1n) is 6.26. The third kappa shape index (κ3) is 3.36.